The van der Waals surface area contributed by atoms with E-state index in [1.165, 1.54) is 18.2 Å². The normalized spacial score (nSPS) is 10.7. The van der Waals surface area contributed by atoms with Crippen LogP contribution in [0.15, 0.2) is 71.1 Å². The van der Waals surface area contributed by atoms with Crippen molar-refractivity contribution >= 4 is 40.0 Å². The maximum Gasteiger partial charge on any atom is 0.271 e. The van der Waals surface area contributed by atoms with Crippen LogP contribution in [0.2, 0.25) is 5.02 Å². The van der Waals surface area contributed by atoms with Crippen molar-refractivity contribution < 1.29 is 18.9 Å². The number of carbonyl (C=O) groups excluding carboxylic acids is 1. The molecule has 0 unspecified atom stereocenters. The van der Waals surface area contributed by atoms with Gasteiger partial charge < -0.3 is 14.5 Å². The molecule has 30 heavy (non-hydrogen) atoms. The zero-order chi connectivity index (χ0) is 21.1. The number of hydrogen-bond acceptors (Lipinski definition) is 6. The lowest BCUT2D eigenvalue weighted by atomic mass is 10.1. The molecule has 8 nitrogen and oxygen atoms in total. The van der Waals surface area contributed by atoms with Gasteiger partial charge in [-0.25, -0.2) is 4.98 Å². The standard InChI is InChI=1S/C21H14ClN3O5/c22-13-5-8-15(9-6-13)29-12-20(26)23-17-4-2-1-3-16(17)21-24-18-11-14(25(27)28)7-10-19(18)30-21/h1-11H,12H2,(H,23,26). The minimum atomic E-state index is -0.497. The first-order valence-electron chi connectivity index (χ1n) is 8.82. The number of nitro benzene ring substituents is 1. The van der Waals surface area contributed by atoms with Gasteiger partial charge in [0.25, 0.3) is 11.6 Å². The molecule has 0 fully saturated rings. The summed E-state index contributed by atoms with van der Waals surface area (Å²) in [6.45, 7) is -0.199. The van der Waals surface area contributed by atoms with E-state index < -0.39 is 4.92 Å². The Balaban J connectivity index is 1.53. The first-order valence-corrected chi connectivity index (χ1v) is 9.20. The monoisotopic (exact) mass is 423 g/mol. The number of oxazole rings is 1. The zero-order valence-corrected chi connectivity index (χ0v) is 16.1. The Morgan fingerprint density at radius 3 is 2.67 bits per heavy atom. The Morgan fingerprint density at radius 1 is 1.13 bits per heavy atom. The molecule has 0 atom stereocenters. The van der Waals surface area contributed by atoms with Gasteiger partial charge in [-0.05, 0) is 42.5 Å². The van der Waals surface area contributed by atoms with E-state index in [-0.39, 0.29) is 24.1 Å². The van der Waals surface area contributed by atoms with E-state index in [0.717, 1.165) is 0 Å². The summed E-state index contributed by atoms with van der Waals surface area (Å²) < 4.78 is 11.2. The number of nitrogens with zero attached hydrogens (tertiary/aromatic N) is 2. The number of aromatic nitrogens is 1. The summed E-state index contributed by atoms with van der Waals surface area (Å²) in [4.78, 5) is 27.1. The number of nitrogens with one attached hydrogen (secondary N) is 1. The molecule has 3 aromatic carbocycles. The van der Waals surface area contributed by atoms with E-state index in [9.17, 15) is 14.9 Å². The Bertz CT molecular complexity index is 1240. The third-order valence-corrected chi connectivity index (χ3v) is 4.45. The zero-order valence-electron chi connectivity index (χ0n) is 15.4. The van der Waals surface area contributed by atoms with Crippen LogP contribution in [-0.4, -0.2) is 22.4 Å². The number of benzene rings is 3. The number of hydrogen-bond donors (Lipinski definition) is 1. The van der Waals surface area contributed by atoms with E-state index in [0.29, 0.717) is 33.1 Å². The molecule has 4 aromatic rings. The van der Waals surface area contributed by atoms with Gasteiger partial charge in [0, 0.05) is 17.2 Å². The van der Waals surface area contributed by atoms with Crippen LogP contribution in [0.3, 0.4) is 0 Å². The average Bonchev–Trinajstić information content (AvgIpc) is 3.17. The highest BCUT2D eigenvalue weighted by Gasteiger charge is 2.16. The summed E-state index contributed by atoms with van der Waals surface area (Å²) in [5.74, 6) is 0.382. The third kappa shape index (κ3) is 4.23. The molecular weight excluding hydrogens is 410 g/mol. The third-order valence-electron chi connectivity index (χ3n) is 4.20. The summed E-state index contributed by atoms with van der Waals surface area (Å²) in [6, 6.07) is 17.8. The van der Waals surface area contributed by atoms with Crippen molar-refractivity contribution in [3.8, 4) is 17.2 Å². The Hall–Kier alpha value is -3.91. The Kier molecular flexibility index (Phi) is 5.32. The molecule has 1 heterocycles. The first kappa shape index (κ1) is 19.4. The van der Waals surface area contributed by atoms with Gasteiger partial charge in [-0.1, -0.05) is 23.7 Å². The molecule has 0 saturated heterocycles. The quantitative estimate of drug-likeness (QED) is 0.342. The molecule has 1 amide bonds. The van der Waals surface area contributed by atoms with Crippen LogP contribution in [0.1, 0.15) is 0 Å². The van der Waals surface area contributed by atoms with Crippen molar-refractivity contribution in [3.05, 3.63) is 81.9 Å². The highest BCUT2D eigenvalue weighted by Crippen LogP contribution is 2.31. The largest absolute Gasteiger partial charge is 0.484 e. The molecule has 0 aliphatic heterocycles. The maximum atomic E-state index is 12.3. The Labute approximate surface area is 175 Å². The van der Waals surface area contributed by atoms with Crippen LogP contribution in [0, 0.1) is 10.1 Å². The topological polar surface area (TPSA) is 108 Å². The fraction of sp³-hybridized carbons (Fsp3) is 0.0476. The molecule has 0 spiro atoms. The second-order valence-corrected chi connectivity index (χ2v) is 6.70. The number of anilines is 1. The molecule has 0 radical (unpaired) electrons. The van der Waals surface area contributed by atoms with Gasteiger partial charge in [-0.2, -0.15) is 0 Å². The van der Waals surface area contributed by atoms with Crippen LogP contribution in [0.4, 0.5) is 11.4 Å². The molecule has 1 aromatic heterocycles. The maximum absolute atomic E-state index is 12.3. The summed E-state index contributed by atoms with van der Waals surface area (Å²) in [6.07, 6.45) is 0. The molecule has 1 N–H and O–H groups in total. The highest BCUT2D eigenvalue weighted by molar-refractivity contribution is 6.30. The summed E-state index contributed by atoms with van der Waals surface area (Å²) in [5.41, 5.74) is 1.69. The second kappa shape index (κ2) is 8.22. The number of ether oxygens (including phenoxy) is 1. The smallest absolute Gasteiger partial charge is 0.271 e. The van der Waals surface area contributed by atoms with Crippen molar-refractivity contribution in [2.75, 3.05) is 11.9 Å². The van der Waals surface area contributed by atoms with E-state index in [2.05, 4.69) is 10.3 Å². The van der Waals surface area contributed by atoms with Gasteiger partial charge in [-0.3, -0.25) is 14.9 Å². The van der Waals surface area contributed by atoms with E-state index in [1.54, 1.807) is 48.5 Å². The lowest BCUT2D eigenvalue weighted by Crippen LogP contribution is -2.20. The van der Waals surface area contributed by atoms with Crippen LogP contribution in [0.25, 0.3) is 22.6 Å². The number of fused-ring (bicyclic) bond motifs is 1. The number of nitro groups is 1. The van der Waals surface area contributed by atoms with Crippen LogP contribution in [-0.2, 0) is 4.79 Å². The average molecular weight is 424 g/mol. The highest BCUT2D eigenvalue weighted by atomic mass is 35.5. The fourth-order valence-corrected chi connectivity index (χ4v) is 2.92. The van der Waals surface area contributed by atoms with Gasteiger partial charge in [-0.15, -0.1) is 0 Å². The number of non-ortho nitro benzene ring substituents is 1. The number of halogens is 1. The number of carbonyl (C=O) groups is 1. The molecular formula is C21H14ClN3O5. The van der Waals surface area contributed by atoms with Crippen molar-refractivity contribution in [2.45, 2.75) is 0 Å². The molecule has 0 bridgehead atoms. The van der Waals surface area contributed by atoms with E-state index in [4.69, 9.17) is 20.8 Å². The molecule has 4 rings (SSSR count). The lowest BCUT2D eigenvalue weighted by molar-refractivity contribution is -0.384. The van der Waals surface area contributed by atoms with Crippen molar-refractivity contribution in [1.29, 1.82) is 0 Å². The molecule has 9 heteroatoms. The van der Waals surface area contributed by atoms with E-state index in [1.807, 2.05) is 0 Å². The van der Waals surface area contributed by atoms with Gasteiger partial charge in [0.1, 0.15) is 11.3 Å². The predicted octanol–water partition coefficient (Wildman–Crippen LogP) is 5.07. The fourth-order valence-electron chi connectivity index (χ4n) is 2.79. The van der Waals surface area contributed by atoms with Crippen molar-refractivity contribution in [2.24, 2.45) is 0 Å². The van der Waals surface area contributed by atoms with Gasteiger partial charge in [0.15, 0.2) is 12.2 Å². The molecule has 0 aliphatic carbocycles. The van der Waals surface area contributed by atoms with E-state index >= 15 is 0 Å². The summed E-state index contributed by atoms with van der Waals surface area (Å²) in [5, 5.41) is 14.3. The summed E-state index contributed by atoms with van der Waals surface area (Å²) in [7, 11) is 0. The molecule has 0 aliphatic rings. The van der Waals surface area contributed by atoms with Crippen molar-refractivity contribution in [1.82, 2.24) is 4.98 Å². The van der Waals surface area contributed by atoms with Crippen LogP contribution in [0.5, 0.6) is 5.75 Å². The summed E-state index contributed by atoms with van der Waals surface area (Å²) >= 11 is 5.83. The predicted molar refractivity (Wildman–Crippen MR) is 112 cm³/mol. The molecule has 150 valence electrons. The van der Waals surface area contributed by atoms with Gasteiger partial charge in [0.05, 0.1) is 16.2 Å². The number of para-hydroxylation sites is 1. The number of rotatable bonds is 6. The Morgan fingerprint density at radius 2 is 1.90 bits per heavy atom. The number of amides is 1. The minimum absolute atomic E-state index is 0.0803. The van der Waals surface area contributed by atoms with Crippen LogP contribution >= 0.6 is 11.6 Å². The van der Waals surface area contributed by atoms with Gasteiger partial charge >= 0.3 is 0 Å². The SMILES string of the molecule is O=C(COc1ccc(Cl)cc1)Nc1ccccc1-c1nc2cc([N+](=O)[O-])ccc2o1. The minimum Gasteiger partial charge on any atom is -0.484 e. The second-order valence-electron chi connectivity index (χ2n) is 6.26. The van der Waals surface area contributed by atoms with Crippen LogP contribution < -0.4 is 10.1 Å². The van der Waals surface area contributed by atoms with Gasteiger partial charge in [0.2, 0.25) is 5.89 Å². The van der Waals surface area contributed by atoms with Crippen molar-refractivity contribution in [3.63, 3.8) is 0 Å². The lowest BCUT2D eigenvalue weighted by Gasteiger charge is -2.10. The first-order chi connectivity index (χ1) is 14.5. The molecule has 0 saturated carbocycles.